The smallest absolute Gasteiger partial charge is 0.161 e. The molecule has 1 heterocycles. The van der Waals surface area contributed by atoms with Gasteiger partial charge in [-0.1, -0.05) is 36.4 Å². The van der Waals surface area contributed by atoms with Gasteiger partial charge in [0.1, 0.15) is 6.61 Å². The first-order chi connectivity index (χ1) is 12.2. The Morgan fingerprint density at radius 3 is 2.52 bits per heavy atom. The minimum atomic E-state index is 0.551. The van der Waals surface area contributed by atoms with E-state index < -0.39 is 0 Å². The van der Waals surface area contributed by atoms with Crippen molar-refractivity contribution < 1.29 is 9.47 Å². The highest BCUT2D eigenvalue weighted by atomic mass is 16.5. The van der Waals surface area contributed by atoms with E-state index in [1.54, 1.807) is 7.11 Å². The summed E-state index contributed by atoms with van der Waals surface area (Å²) in [6.07, 6.45) is 1.23. The molecule has 0 spiro atoms. The van der Waals surface area contributed by atoms with Crippen LogP contribution in [0.4, 0.5) is 0 Å². The molecule has 0 saturated carbocycles. The SMILES string of the molecule is COc1cc(CN2CCCN(C)CC2)ccc1OCc1ccccc1. The van der Waals surface area contributed by atoms with Crippen LogP contribution in [-0.2, 0) is 13.2 Å². The Balaban J connectivity index is 1.62. The third-order valence-corrected chi connectivity index (χ3v) is 4.68. The van der Waals surface area contributed by atoms with Gasteiger partial charge in [0.05, 0.1) is 7.11 Å². The summed E-state index contributed by atoms with van der Waals surface area (Å²) < 4.78 is 11.5. The summed E-state index contributed by atoms with van der Waals surface area (Å²) >= 11 is 0. The third-order valence-electron chi connectivity index (χ3n) is 4.68. The molecule has 2 aromatic rings. The molecular formula is C21H28N2O2. The van der Waals surface area contributed by atoms with Crippen molar-refractivity contribution in [1.82, 2.24) is 9.80 Å². The maximum atomic E-state index is 5.95. The van der Waals surface area contributed by atoms with Gasteiger partial charge in [0.2, 0.25) is 0 Å². The largest absolute Gasteiger partial charge is 0.493 e. The Kier molecular flexibility index (Phi) is 6.31. The zero-order chi connectivity index (χ0) is 17.5. The molecule has 0 amide bonds. The van der Waals surface area contributed by atoms with Gasteiger partial charge < -0.3 is 14.4 Å². The van der Waals surface area contributed by atoms with Crippen molar-refractivity contribution in [3.05, 3.63) is 59.7 Å². The van der Waals surface area contributed by atoms with E-state index in [9.17, 15) is 0 Å². The third kappa shape index (κ3) is 5.21. The van der Waals surface area contributed by atoms with Crippen LogP contribution in [0, 0.1) is 0 Å². The summed E-state index contributed by atoms with van der Waals surface area (Å²) in [6, 6.07) is 16.5. The summed E-state index contributed by atoms with van der Waals surface area (Å²) in [5, 5.41) is 0. The van der Waals surface area contributed by atoms with Gasteiger partial charge in [0.25, 0.3) is 0 Å². The van der Waals surface area contributed by atoms with Crippen LogP contribution in [0.25, 0.3) is 0 Å². The number of rotatable bonds is 6. The lowest BCUT2D eigenvalue weighted by molar-refractivity contribution is 0.267. The van der Waals surface area contributed by atoms with E-state index in [1.165, 1.54) is 18.5 Å². The second-order valence-electron chi connectivity index (χ2n) is 6.69. The predicted molar refractivity (Wildman–Crippen MR) is 101 cm³/mol. The molecule has 1 fully saturated rings. The molecule has 134 valence electrons. The summed E-state index contributed by atoms with van der Waals surface area (Å²) in [4.78, 5) is 4.92. The monoisotopic (exact) mass is 340 g/mol. The number of nitrogens with zero attached hydrogens (tertiary/aromatic N) is 2. The average molecular weight is 340 g/mol. The molecule has 1 saturated heterocycles. The van der Waals surface area contributed by atoms with E-state index in [-0.39, 0.29) is 0 Å². The summed E-state index contributed by atoms with van der Waals surface area (Å²) in [7, 11) is 3.90. The van der Waals surface area contributed by atoms with Gasteiger partial charge in [-0.2, -0.15) is 0 Å². The number of likely N-dealkylation sites (N-methyl/N-ethyl adjacent to an activating group) is 1. The van der Waals surface area contributed by atoms with E-state index in [0.29, 0.717) is 6.61 Å². The van der Waals surface area contributed by atoms with Crippen LogP contribution in [0.1, 0.15) is 17.5 Å². The molecule has 0 aromatic heterocycles. The molecular weight excluding hydrogens is 312 g/mol. The van der Waals surface area contributed by atoms with Crippen LogP contribution < -0.4 is 9.47 Å². The molecule has 0 unspecified atom stereocenters. The molecule has 0 aliphatic carbocycles. The van der Waals surface area contributed by atoms with Gasteiger partial charge in [-0.15, -0.1) is 0 Å². The lowest BCUT2D eigenvalue weighted by Crippen LogP contribution is -2.28. The minimum absolute atomic E-state index is 0.551. The van der Waals surface area contributed by atoms with Gasteiger partial charge in [-0.05, 0) is 49.8 Å². The molecule has 2 aromatic carbocycles. The Morgan fingerprint density at radius 1 is 0.880 bits per heavy atom. The fraction of sp³-hybridized carbons (Fsp3) is 0.429. The average Bonchev–Trinajstić information content (AvgIpc) is 2.85. The lowest BCUT2D eigenvalue weighted by Gasteiger charge is -2.21. The maximum Gasteiger partial charge on any atom is 0.161 e. The second kappa shape index (κ2) is 8.88. The normalized spacial score (nSPS) is 16.4. The molecule has 1 aliphatic rings. The standard InChI is InChI=1S/C21H28N2O2/c1-22-11-6-12-23(14-13-22)16-19-9-10-20(21(15-19)24-2)25-17-18-7-4-3-5-8-18/h3-5,7-10,15H,6,11-14,16-17H2,1-2H3. The highest BCUT2D eigenvalue weighted by molar-refractivity contribution is 5.43. The van der Waals surface area contributed by atoms with Crippen LogP contribution in [-0.4, -0.2) is 50.1 Å². The Bertz CT molecular complexity index is 660. The first-order valence-corrected chi connectivity index (χ1v) is 8.99. The van der Waals surface area contributed by atoms with Crippen molar-refractivity contribution in [2.24, 2.45) is 0 Å². The second-order valence-corrected chi connectivity index (χ2v) is 6.69. The molecule has 0 atom stereocenters. The fourth-order valence-electron chi connectivity index (χ4n) is 3.18. The van der Waals surface area contributed by atoms with Crippen molar-refractivity contribution in [1.29, 1.82) is 0 Å². The van der Waals surface area contributed by atoms with Crippen molar-refractivity contribution >= 4 is 0 Å². The summed E-state index contributed by atoms with van der Waals surface area (Å²) in [5.41, 5.74) is 2.43. The van der Waals surface area contributed by atoms with E-state index in [0.717, 1.165) is 43.2 Å². The van der Waals surface area contributed by atoms with E-state index >= 15 is 0 Å². The zero-order valence-electron chi connectivity index (χ0n) is 15.3. The topological polar surface area (TPSA) is 24.9 Å². The first-order valence-electron chi connectivity index (χ1n) is 8.99. The number of hydrogen-bond donors (Lipinski definition) is 0. The van der Waals surface area contributed by atoms with Crippen molar-refractivity contribution in [2.75, 3.05) is 40.3 Å². The molecule has 0 radical (unpaired) electrons. The van der Waals surface area contributed by atoms with Crippen LogP contribution in [0.3, 0.4) is 0 Å². The molecule has 3 rings (SSSR count). The van der Waals surface area contributed by atoms with Crippen LogP contribution >= 0.6 is 0 Å². The lowest BCUT2D eigenvalue weighted by atomic mass is 10.1. The molecule has 1 aliphatic heterocycles. The van der Waals surface area contributed by atoms with Crippen molar-refractivity contribution in [3.63, 3.8) is 0 Å². The number of hydrogen-bond acceptors (Lipinski definition) is 4. The van der Waals surface area contributed by atoms with Crippen molar-refractivity contribution in [3.8, 4) is 11.5 Å². The number of methoxy groups -OCH3 is 1. The summed E-state index contributed by atoms with van der Waals surface area (Å²) in [6.45, 7) is 6.10. The van der Waals surface area contributed by atoms with Gasteiger partial charge in [0.15, 0.2) is 11.5 Å². The number of benzene rings is 2. The molecule has 0 bridgehead atoms. The fourth-order valence-corrected chi connectivity index (χ4v) is 3.18. The highest BCUT2D eigenvalue weighted by Crippen LogP contribution is 2.29. The Labute approximate surface area is 151 Å². The van der Waals surface area contributed by atoms with E-state index in [2.05, 4.69) is 41.1 Å². The quantitative estimate of drug-likeness (QED) is 0.804. The molecule has 4 nitrogen and oxygen atoms in total. The zero-order valence-corrected chi connectivity index (χ0v) is 15.3. The molecule has 25 heavy (non-hydrogen) atoms. The number of ether oxygens (including phenoxy) is 2. The minimum Gasteiger partial charge on any atom is -0.493 e. The highest BCUT2D eigenvalue weighted by Gasteiger charge is 2.13. The van der Waals surface area contributed by atoms with Gasteiger partial charge in [-0.3, -0.25) is 4.90 Å². The predicted octanol–water partition coefficient (Wildman–Crippen LogP) is 3.41. The van der Waals surface area contributed by atoms with Gasteiger partial charge in [-0.25, -0.2) is 0 Å². The van der Waals surface area contributed by atoms with E-state index in [4.69, 9.17) is 9.47 Å². The molecule has 4 heteroatoms. The van der Waals surface area contributed by atoms with Crippen LogP contribution in [0.2, 0.25) is 0 Å². The molecule has 0 N–H and O–H groups in total. The Morgan fingerprint density at radius 2 is 1.72 bits per heavy atom. The van der Waals surface area contributed by atoms with Gasteiger partial charge >= 0.3 is 0 Å². The van der Waals surface area contributed by atoms with Crippen LogP contribution in [0.5, 0.6) is 11.5 Å². The Hall–Kier alpha value is -2.04. The first kappa shape index (κ1) is 17.8. The summed E-state index contributed by atoms with van der Waals surface area (Å²) in [5.74, 6) is 1.60. The van der Waals surface area contributed by atoms with E-state index in [1.807, 2.05) is 24.3 Å². The van der Waals surface area contributed by atoms with Gasteiger partial charge in [0, 0.05) is 19.6 Å². The van der Waals surface area contributed by atoms with Crippen LogP contribution in [0.15, 0.2) is 48.5 Å². The maximum absolute atomic E-state index is 5.95. The van der Waals surface area contributed by atoms with Crippen molar-refractivity contribution in [2.45, 2.75) is 19.6 Å².